The van der Waals surface area contributed by atoms with Gasteiger partial charge in [-0.1, -0.05) is 48.0 Å². The van der Waals surface area contributed by atoms with Gasteiger partial charge in [0.15, 0.2) is 0 Å². The molecule has 0 bridgehead atoms. The molecule has 1 atom stereocenters. The minimum absolute atomic E-state index is 0.435. The van der Waals surface area contributed by atoms with Crippen molar-refractivity contribution in [2.45, 2.75) is 73.8 Å². The largest absolute Gasteiger partial charge is 0.385 e. The summed E-state index contributed by atoms with van der Waals surface area (Å²) in [7, 11) is 3.44. The average Bonchev–Trinajstić information content (AvgIpc) is 2.30. The third kappa shape index (κ3) is 38.8. The van der Waals surface area contributed by atoms with Gasteiger partial charge in [0.1, 0.15) is 0 Å². The molecule has 0 amide bonds. The molecule has 0 saturated heterocycles. The van der Waals surface area contributed by atoms with Gasteiger partial charge in [-0.3, -0.25) is 0 Å². The molecule has 0 heterocycles. The number of hydrogen-bond donors (Lipinski definition) is 0. The van der Waals surface area contributed by atoms with E-state index in [0.29, 0.717) is 11.5 Å². The van der Waals surface area contributed by atoms with Gasteiger partial charge in [-0.25, -0.2) is 0 Å². The summed E-state index contributed by atoms with van der Waals surface area (Å²) in [5.41, 5.74) is 0.542. The molecule has 0 aromatic carbocycles. The Kier molecular flexibility index (Phi) is 20.7. The lowest BCUT2D eigenvalue weighted by molar-refractivity contribution is 0.115. The van der Waals surface area contributed by atoms with Crippen molar-refractivity contribution in [1.29, 1.82) is 0 Å². The number of methoxy groups -OCH3 is 2. The van der Waals surface area contributed by atoms with E-state index in [4.69, 9.17) is 9.47 Å². The van der Waals surface area contributed by atoms with E-state index in [1.165, 1.54) is 6.42 Å². The second-order valence-corrected chi connectivity index (χ2v) is 5.36. The van der Waals surface area contributed by atoms with Crippen LogP contribution in [-0.2, 0) is 9.47 Å². The third-order valence-corrected chi connectivity index (χ3v) is 2.45. The summed E-state index contributed by atoms with van der Waals surface area (Å²) in [6.07, 6.45) is 3.94. The average molecular weight is 248 g/mol. The fraction of sp³-hybridized carbons (Fsp3) is 1.00. The van der Waals surface area contributed by atoms with E-state index in [0.717, 1.165) is 19.4 Å². The second-order valence-electron chi connectivity index (χ2n) is 5.36. The Morgan fingerprint density at radius 2 is 1.41 bits per heavy atom. The van der Waals surface area contributed by atoms with Gasteiger partial charge in [0, 0.05) is 20.8 Å². The molecule has 0 saturated carbocycles. The molecule has 0 N–H and O–H groups in total. The fourth-order valence-corrected chi connectivity index (χ4v) is 0.371. The van der Waals surface area contributed by atoms with Crippen molar-refractivity contribution in [2.75, 3.05) is 20.8 Å². The first-order valence-electron chi connectivity index (χ1n) is 6.80. The van der Waals surface area contributed by atoms with Gasteiger partial charge in [-0.05, 0) is 25.2 Å². The van der Waals surface area contributed by atoms with E-state index in [1.54, 1.807) is 14.2 Å². The number of hydrogen-bond acceptors (Lipinski definition) is 2. The van der Waals surface area contributed by atoms with Crippen LogP contribution in [0.4, 0.5) is 0 Å². The molecule has 0 aromatic rings. The molecular weight excluding hydrogens is 212 g/mol. The summed E-state index contributed by atoms with van der Waals surface area (Å²) in [6.45, 7) is 16.1. The van der Waals surface area contributed by atoms with Gasteiger partial charge < -0.3 is 9.47 Å². The molecule has 0 aliphatic heterocycles. The van der Waals surface area contributed by atoms with E-state index in [-0.39, 0.29) is 0 Å². The highest BCUT2D eigenvalue weighted by Gasteiger charge is 2.03. The van der Waals surface area contributed by atoms with Crippen molar-refractivity contribution in [3.8, 4) is 0 Å². The van der Waals surface area contributed by atoms with Crippen LogP contribution >= 0.6 is 0 Å². The molecule has 0 aliphatic rings. The quantitative estimate of drug-likeness (QED) is 0.703. The minimum Gasteiger partial charge on any atom is -0.385 e. The summed E-state index contributed by atoms with van der Waals surface area (Å²) in [5, 5.41) is 0. The predicted octanol–water partition coefficient (Wildman–Crippen LogP) is 4.92. The zero-order chi connectivity index (χ0) is 14.3. The molecule has 0 aliphatic carbocycles. The molecule has 2 heteroatoms. The van der Waals surface area contributed by atoms with Crippen molar-refractivity contribution in [2.24, 2.45) is 5.41 Å². The van der Waals surface area contributed by atoms with Crippen LogP contribution < -0.4 is 0 Å². The smallest absolute Gasteiger partial charge is 0.0540 e. The van der Waals surface area contributed by atoms with Gasteiger partial charge in [0.25, 0.3) is 0 Å². The van der Waals surface area contributed by atoms with Crippen LogP contribution in [0.25, 0.3) is 0 Å². The third-order valence-electron chi connectivity index (χ3n) is 2.45. The normalized spacial score (nSPS) is 11.8. The SMILES string of the molecule is CCC(C)(C)C.CCC(C)OC.CCCOC. The van der Waals surface area contributed by atoms with Crippen molar-refractivity contribution in [1.82, 2.24) is 0 Å². The Hall–Kier alpha value is -0.0800. The number of rotatable bonds is 4. The Morgan fingerprint density at radius 3 is 1.41 bits per heavy atom. The summed E-state index contributed by atoms with van der Waals surface area (Å²) in [5.74, 6) is 0. The standard InChI is InChI=1S/C6H14.C5H12O.C4H10O/c1-5-6(2,3)4;1-4-5(2)6-3;1-3-4-5-2/h5H2,1-4H3;5H,4H2,1-3H3;3-4H2,1-2H3. The van der Waals surface area contributed by atoms with Crippen molar-refractivity contribution in [3.63, 3.8) is 0 Å². The van der Waals surface area contributed by atoms with Crippen molar-refractivity contribution < 1.29 is 9.47 Å². The van der Waals surface area contributed by atoms with Crippen molar-refractivity contribution in [3.05, 3.63) is 0 Å². The lowest BCUT2D eigenvalue weighted by Crippen LogP contribution is -2.00. The molecule has 2 nitrogen and oxygen atoms in total. The molecule has 1 unspecified atom stereocenters. The topological polar surface area (TPSA) is 18.5 Å². The van der Waals surface area contributed by atoms with Gasteiger partial charge in [-0.15, -0.1) is 0 Å². The van der Waals surface area contributed by atoms with Gasteiger partial charge in [0.2, 0.25) is 0 Å². The van der Waals surface area contributed by atoms with Crippen LogP contribution in [0.5, 0.6) is 0 Å². The zero-order valence-corrected chi connectivity index (χ0v) is 13.7. The highest BCUT2D eigenvalue weighted by molar-refractivity contribution is 4.55. The summed E-state index contributed by atoms with van der Waals surface area (Å²) in [6, 6.07) is 0. The van der Waals surface area contributed by atoms with Gasteiger partial charge >= 0.3 is 0 Å². The van der Waals surface area contributed by atoms with E-state index in [2.05, 4.69) is 48.5 Å². The van der Waals surface area contributed by atoms with E-state index in [1.807, 2.05) is 0 Å². The molecule has 17 heavy (non-hydrogen) atoms. The Balaban J connectivity index is -0.000000174. The summed E-state index contributed by atoms with van der Waals surface area (Å²) in [4.78, 5) is 0. The van der Waals surface area contributed by atoms with Crippen molar-refractivity contribution >= 4 is 0 Å². The molecule has 0 fully saturated rings. The Morgan fingerprint density at radius 1 is 1.00 bits per heavy atom. The maximum Gasteiger partial charge on any atom is 0.0540 e. The first-order chi connectivity index (χ1) is 7.78. The van der Waals surface area contributed by atoms with Crippen LogP contribution in [0.15, 0.2) is 0 Å². The Labute approximate surface area is 110 Å². The second kappa shape index (κ2) is 15.9. The maximum absolute atomic E-state index is 4.90. The first-order valence-corrected chi connectivity index (χ1v) is 6.80. The molecule has 0 rings (SSSR count). The lowest BCUT2D eigenvalue weighted by atomic mass is 9.94. The minimum atomic E-state index is 0.435. The summed E-state index contributed by atoms with van der Waals surface area (Å²) >= 11 is 0. The van der Waals surface area contributed by atoms with E-state index in [9.17, 15) is 0 Å². The fourth-order valence-electron chi connectivity index (χ4n) is 0.371. The highest BCUT2D eigenvalue weighted by Crippen LogP contribution is 2.16. The first kappa shape index (κ1) is 22.1. The highest BCUT2D eigenvalue weighted by atomic mass is 16.5. The monoisotopic (exact) mass is 248 g/mol. The van der Waals surface area contributed by atoms with Crippen LogP contribution in [-0.4, -0.2) is 26.9 Å². The predicted molar refractivity (Wildman–Crippen MR) is 78.7 cm³/mol. The van der Waals surface area contributed by atoms with Crippen LogP contribution in [0.2, 0.25) is 0 Å². The lowest BCUT2D eigenvalue weighted by Gasteiger charge is -2.12. The molecule has 108 valence electrons. The molecule has 0 radical (unpaired) electrons. The van der Waals surface area contributed by atoms with Gasteiger partial charge in [0.05, 0.1) is 6.10 Å². The molecule has 0 spiro atoms. The van der Waals surface area contributed by atoms with E-state index < -0.39 is 0 Å². The Bertz CT molecular complexity index is 111. The maximum atomic E-state index is 4.90. The van der Waals surface area contributed by atoms with Crippen LogP contribution in [0, 0.1) is 5.41 Å². The van der Waals surface area contributed by atoms with Gasteiger partial charge in [-0.2, -0.15) is 0 Å². The van der Waals surface area contributed by atoms with Crippen LogP contribution in [0.3, 0.4) is 0 Å². The number of ether oxygens (including phenoxy) is 2. The molecule has 0 aromatic heterocycles. The van der Waals surface area contributed by atoms with E-state index >= 15 is 0 Å². The zero-order valence-electron chi connectivity index (χ0n) is 13.7. The molecular formula is C15H36O2. The summed E-state index contributed by atoms with van der Waals surface area (Å²) < 4.78 is 9.59. The van der Waals surface area contributed by atoms with Crippen LogP contribution in [0.1, 0.15) is 67.7 Å².